The first-order chi connectivity index (χ1) is 16.3. The van der Waals surface area contributed by atoms with Gasteiger partial charge in [-0.2, -0.15) is 0 Å². The topological polar surface area (TPSA) is 81.9 Å². The van der Waals surface area contributed by atoms with Crippen molar-refractivity contribution in [2.24, 2.45) is 5.92 Å². The molecular weight excluding hydrogens is 462 g/mol. The van der Waals surface area contributed by atoms with Gasteiger partial charge >= 0.3 is 0 Å². The van der Waals surface area contributed by atoms with E-state index in [-0.39, 0.29) is 16.9 Å². The first-order valence-electron chi connectivity index (χ1n) is 12.4. The van der Waals surface area contributed by atoms with E-state index in [4.69, 9.17) is 41.3 Å². The summed E-state index contributed by atoms with van der Waals surface area (Å²) in [5.41, 5.74) is 3.77. The average molecular weight is 500 g/mol. The Morgan fingerprint density at radius 2 is 1.66 bits per heavy atom. The molecule has 9 heteroatoms. The Balaban J connectivity index is 2.09. The standard InChI is InChI=1S/C26H38ClN7O/c1-15(2)12-34-23-18(30-24(34)27)22(33-10-11-35-13-16(33)3)31-21(32-23)17-19(25(4,5)6)28-14-29-20(17)26(7,8)9/h14-16H,10-13H2,1-9H3/t16-/m0/s1. The number of imidazole rings is 1. The van der Waals surface area contributed by atoms with E-state index in [1.807, 2.05) is 4.57 Å². The molecule has 3 aromatic rings. The summed E-state index contributed by atoms with van der Waals surface area (Å²) in [5.74, 6) is 1.78. The second kappa shape index (κ2) is 9.28. The number of hydrogen-bond donors (Lipinski definition) is 0. The Morgan fingerprint density at radius 3 is 2.20 bits per heavy atom. The van der Waals surface area contributed by atoms with E-state index in [9.17, 15) is 0 Å². The van der Waals surface area contributed by atoms with Crippen LogP contribution in [0.5, 0.6) is 0 Å². The van der Waals surface area contributed by atoms with Crippen LogP contribution in [-0.4, -0.2) is 55.3 Å². The predicted molar refractivity (Wildman–Crippen MR) is 141 cm³/mol. The van der Waals surface area contributed by atoms with Crippen LogP contribution < -0.4 is 4.90 Å². The van der Waals surface area contributed by atoms with Crippen molar-refractivity contribution in [2.75, 3.05) is 24.7 Å². The van der Waals surface area contributed by atoms with Crippen LogP contribution in [0.1, 0.15) is 73.7 Å². The van der Waals surface area contributed by atoms with Crippen molar-refractivity contribution in [1.29, 1.82) is 0 Å². The fourth-order valence-electron chi connectivity index (χ4n) is 4.58. The SMILES string of the molecule is CC(C)Cn1c(Cl)nc2c(N3CCOC[C@@H]3C)nc(-c3c(C(C)(C)C)ncnc3C(C)(C)C)nc21. The molecule has 190 valence electrons. The number of halogens is 1. The second-order valence-electron chi connectivity index (χ2n) is 12.0. The molecule has 0 N–H and O–H groups in total. The zero-order chi connectivity index (χ0) is 25.7. The monoisotopic (exact) mass is 499 g/mol. The second-order valence-corrected chi connectivity index (χ2v) is 12.3. The van der Waals surface area contributed by atoms with E-state index in [2.05, 4.69) is 67.2 Å². The van der Waals surface area contributed by atoms with Crippen molar-refractivity contribution >= 4 is 28.6 Å². The first-order valence-corrected chi connectivity index (χ1v) is 12.8. The van der Waals surface area contributed by atoms with E-state index in [0.717, 1.165) is 40.5 Å². The van der Waals surface area contributed by atoms with Gasteiger partial charge in [0.2, 0.25) is 5.28 Å². The number of anilines is 1. The molecule has 0 bridgehead atoms. The molecule has 0 aromatic carbocycles. The van der Waals surface area contributed by atoms with Crippen LogP contribution in [0.3, 0.4) is 0 Å². The molecule has 4 heterocycles. The maximum atomic E-state index is 6.68. The fraction of sp³-hybridized carbons (Fsp3) is 0.654. The van der Waals surface area contributed by atoms with E-state index < -0.39 is 0 Å². The molecule has 3 aromatic heterocycles. The van der Waals surface area contributed by atoms with Gasteiger partial charge in [0.1, 0.15) is 6.33 Å². The third kappa shape index (κ3) is 5.00. The van der Waals surface area contributed by atoms with Gasteiger partial charge in [-0.05, 0) is 24.4 Å². The van der Waals surface area contributed by atoms with Crippen LogP contribution in [0.25, 0.3) is 22.6 Å². The number of fused-ring (bicyclic) bond motifs is 1. The van der Waals surface area contributed by atoms with E-state index >= 15 is 0 Å². The van der Waals surface area contributed by atoms with Crippen molar-refractivity contribution < 1.29 is 4.74 Å². The quantitative estimate of drug-likeness (QED) is 0.443. The van der Waals surface area contributed by atoms with Gasteiger partial charge in [-0.3, -0.25) is 4.57 Å². The zero-order valence-electron chi connectivity index (χ0n) is 22.5. The molecule has 1 saturated heterocycles. The van der Waals surface area contributed by atoms with Crippen LogP contribution in [0.15, 0.2) is 6.33 Å². The smallest absolute Gasteiger partial charge is 0.205 e. The molecule has 0 saturated carbocycles. The minimum Gasteiger partial charge on any atom is -0.377 e. The van der Waals surface area contributed by atoms with Gasteiger partial charge in [0.25, 0.3) is 0 Å². The maximum absolute atomic E-state index is 6.68. The number of hydrogen-bond acceptors (Lipinski definition) is 7. The van der Waals surface area contributed by atoms with Crippen LogP contribution in [0, 0.1) is 5.92 Å². The number of rotatable bonds is 4. The van der Waals surface area contributed by atoms with Crippen molar-refractivity contribution in [3.05, 3.63) is 23.0 Å². The Bertz CT molecular complexity index is 1190. The highest BCUT2D eigenvalue weighted by atomic mass is 35.5. The molecule has 0 spiro atoms. The number of morpholine rings is 1. The summed E-state index contributed by atoms with van der Waals surface area (Å²) in [7, 11) is 0. The Hall–Kier alpha value is -2.32. The highest BCUT2D eigenvalue weighted by molar-refractivity contribution is 6.29. The summed E-state index contributed by atoms with van der Waals surface area (Å²) >= 11 is 6.68. The van der Waals surface area contributed by atoms with Crippen molar-refractivity contribution in [3.8, 4) is 11.4 Å². The van der Waals surface area contributed by atoms with E-state index in [0.29, 0.717) is 36.8 Å². The Labute approximate surface area is 213 Å². The maximum Gasteiger partial charge on any atom is 0.205 e. The van der Waals surface area contributed by atoms with Gasteiger partial charge in [0.05, 0.1) is 36.2 Å². The molecule has 1 aliphatic heterocycles. The Kier molecular flexibility index (Phi) is 6.83. The molecule has 4 rings (SSSR count). The third-order valence-electron chi connectivity index (χ3n) is 6.21. The summed E-state index contributed by atoms with van der Waals surface area (Å²) in [6.07, 6.45) is 1.66. The largest absolute Gasteiger partial charge is 0.377 e. The minimum absolute atomic E-state index is 0.153. The van der Waals surface area contributed by atoms with Crippen LogP contribution in [0.2, 0.25) is 5.28 Å². The average Bonchev–Trinajstić information content (AvgIpc) is 3.06. The lowest BCUT2D eigenvalue weighted by molar-refractivity contribution is 0.0987. The third-order valence-corrected chi connectivity index (χ3v) is 6.50. The summed E-state index contributed by atoms with van der Waals surface area (Å²) < 4.78 is 7.71. The van der Waals surface area contributed by atoms with Crippen molar-refractivity contribution in [2.45, 2.75) is 85.7 Å². The predicted octanol–water partition coefficient (Wildman–Crippen LogP) is 5.41. The first kappa shape index (κ1) is 25.8. The molecule has 0 radical (unpaired) electrons. The Morgan fingerprint density at radius 1 is 1.03 bits per heavy atom. The molecule has 0 unspecified atom stereocenters. The highest BCUT2D eigenvalue weighted by Crippen LogP contribution is 2.39. The molecule has 1 aliphatic rings. The zero-order valence-corrected chi connectivity index (χ0v) is 23.2. The van der Waals surface area contributed by atoms with Crippen molar-refractivity contribution in [1.82, 2.24) is 29.5 Å². The molecule has 1 atom stereocenters. The lowest BCUT2D eigenvalue weighted by Crippen LogP contribution is -2.44. The molecule has 1 fully saturated rings. The molecule has 8 nitrogen and oxygen atoms in total. The normalized spacial score (nSPS) is 17.6. The van der Waals surface area contributed by atoms with Gasteiger partial charge in [0.15, 0.2) is 22.8 Å². The number of ether oxygens (including phenoxy) is 1. The van der Waals surface area contributed by atoms with Gasteiger partial charge in [0, 0.05) is 23.9 Å². The fourth-order valence-corrected chi connectivity index (χ4v) is 4.81. The van der Waals surface area contributed by atoms with Crippen LogP contribution >= 0.6 is 11.6 Å². The van der Waals surface area contributed by atoms with Gasteiger partial charge in [-0.1, -0.05) is 55.4 Å². The van der Waals surface area contributed by atoms with E-state index in [1.54, 1.807) is 6.33 Å². The molecule has 0 amide bonds. The highest BCUT2D eigenvalue weighted by Gasteiger charge is 2.33. The van der Waals surface area contributed by atoms with Gasteiger partial charge < -0.3 is 9.64 Å². The molecule has 0 aliphatic carbocycles. The lowest BCUT2D eigenvalue weighted by atomic mass is 9.82. The van der Waals surface area contributed by atoms with E-state index in [1.165, 1.54) is 0 Å². The molecule has 35 heavy (non-hydrogen) atoms. The summed E-state index contributed by atoms with van der Waals surface area (Å²) in [5, 5.41) is 0.429. The van der Waals surface area contributed by atoms with Gasteiger partial charge in [-0.15, -0.1) is 0 Å². The van der Waals surface area contributed by atoms with Gasteiger partial charge in [-0.25, -0.2) is 24.9 Å². The minimum atomic E-state index is -0.223. The summed E-state index contributed by atoms with van der Waals surface area (Å²) in [6, 6.07) is 0.153. The van der Waals surface area contributed by atoms with Crippen molar-refractivity contribution in [3.63, 3.8) is 0 Å². The van der Waals surface area contributed by atoms with Crippen LogP contribution in [-0.2, 0) is 22.1 Å². The summed E-state index contributed by atoms with van der Waals surface area (Å²) in [4.78, 5) is 26.8. The van der Waals surface area contributed by atoms with Crippen LogP contribution in [0.4, 0.5) is 5.82 Å². The number of aromatic nitrogens is 6. The molecular formula is C26H38ClN7O. The summed E-state index contributed by atoms with van der Waals surface area (Å²) in [6.45, 7) is 22.2. The lowest BCUT2D eigenvalue weighted by Gasteiger charge is -2.34. The number of nitrogens with zero attached hydrogens (tertiary/aromatic N) is 7.